The van der Waals surface area contributed by atoms with Gasteiger partial charge in [-0.15, -0.1) is 0 Å². The van der Waals surface area contributed by atoms with Crippen molar-refractivity contribution in [1.29, 1.82) is 0 Å². The van der Waals surface area contributed by atoms with E-state index in [1.165, 1.54) is 24.5 Å². The number of phenols is 1. The molecule has 1 aromatic carbocycles. The lowest BCUT2D eigenvalue weighted by Gasteiger charge is -2.37. The van der Waals surface area contributed by atoms with Crippen LogP contribution in [0.1, 0.15) is 35.8 Å². The molecule has 2 heterocycles. The number of ether oxygens (including phenoxy) is 1. The molecule has 25 heavy (non-hydrogen) atoms. The van der Waals surface area contributed by atoms with Gasteiger partial charge in [-0.25, -0.2) is 0 Å². The second-order valence-electron chi connectivity index (χ2n) is 6.72. The molecule has 1 N–H and O–H groups in total. The zero-order valence-corrected chi connectivity index (χ0v) is 14.0. The SMILES string of the molecule is COc1cc2c(cc1O)CCN(Cc1ccc([N+](=O)[O-])o1)C2C1CC1. The minimum absolute atomic E-state index is 0.172. The van der Waals surface area contributed by atoms with E-state index in [2.05, 4.69) is 4.90 Å². The van der Waals surface area contributed by atoms with Gasteiger partial charge in [-0.2, -0.15) is 0 Å². The van der Waals surface area contributed by atoms with Gasteiger partial charge < -0.3 is 14.3 Å². The van der Waals surface area contributed by atoms with Crippen LogP contribution in [0.2, 0.25) is 0 Å². The highest BCUT2D eigenvalue weighted by molar-refractivity contribution is 5.49. The fourth-order valence-corrected chi connectivity index (χ4v) is 3.77. The summed E-state index contributed by atoms with van der Waals surface area (Å²) < 4.78 is 10.6. The van der Waals surface area contributed by atoms with E-state index in [4.69, 9.17) is 9.15 Å². The topological polar surface area (TPSA) is 89.0 Å². The first-order chi connectivity index (χ1) is 12.1. The molecule has 1 aliphatic carbocycles. The molecule has 0 amide bonds. The average molecular weight is 344 g/mol. The van der Waals surface area contributed by atoms with Crippen molar-refractivity contribution in [3.63, 3.8) is 0 Å². The molecule has 1 aromatic heterocycles. The first kappa shape index (κ1) is 16.0. The molecule has 7 nitrogen and oxygen atoms in total. The molecule has 0 saturated heterocycles. The number of hydrogen-bond acceptors (Lipinski definition) is 6. The van der Waals surface area contributed by atoms with E-state index in [-0.39, 0.29) is 17.7 Å². The van der Waals surface area contributed by atoms with Crippen LogP contribution >= 0.6 is 0 Å². The van der Waals surface area contributed by atoms with E-state index in [0.717, 1.165) is 18.5 Å². The summed E-state index contributed by atoms with van der Waals surface area (Å²) in [5.41, 5.74) is 2.33. The fraction of sp³-hybridized carbons (Fsp3) is 0.444. The maximum absolute atomic E-state index is 10.8. The summed E-state index contributed by atoms with van der Waals surface area (Å²) in [5, 5.41) is 20.9. The Morgan fingerprint density at radius 3 is 2.84 bits per heavy atom. The largest absolute Gasteiger partial charge is 0.504 e. The summed E-state index contributed by atoms with van der Waals surface area (Å²) >= 11 is 0. The number of nitrogens with zero attached hydrogens (tertiary/aromatic N) is 2. The van der Waals surface area contributed by atoms with Crippen LogP contribution in [0.5, 0.6) is 11.5 Å². The monoisotopic (exact) mass is 344 g/mol. The number of hydrogen-bond donors (Lipinski definition) is 1. The first-order valence-corrected chi connectivity index (χ1v) is 8.43. The van der Waals surface area contributed by atoms with Crippen molar-refractivity contribution in [2.24, 2.45) is 5.92 Å². The zero-order chi connectivity index (χ0) is 17.6. The summed E-state index contributed by atoms with van der Waals surface area (Å²) in [6.07, 6.45) is 3.16. The minimum Gasteiger partial charge on any atom is -0.504 e. The van der Waals surface area contributed by atoms with Crippen molar-refractivity contribution in [3.8, 4) is 11.5 Å². The Labute approximate surface area is 145 Å². The number of methoxy groups -OCH3 is 1. The third kappa shape index (κ3) is 2.95. The molecular weight excluding hydrogens is 324 g/mol. The van der Waals surface area contributed by atoms with Crippen molar-refractivity contribution in [2.75, 3.05) is 13.7 Å². The van der Waals surface area contributed by atoms with E-state index in [0.29, 0.717) is 24.0 Å². The maximum Gasteiger partial charge on any atom is 0.433 e. The number of fused-ring (bicyclic) bond motifs is 1. The van der Waals surface area contributed by atoms with E-state index >= 15 is 0 Å². The predicted octanol–water partition coefficient (Wildman–Crippen LogP) is 3.41. The van der Waals surface area contributed by atoms with Crippen LogP contribution in [0.4, 0.5) is 5.88 Å². The molecule has 1 aliphatic heterocycles. The Bertz CT molecular complexity index is 812. The quantitative estimate of drug-likeness (QED) is 0.660. The molecule has 0 bridgehead atoms. The van der Waals surface area contributed by atoms with Crippen molar-refractivity contribution in [1.82, 2.24) is 4.90 Å². The van der Waals surface area contributed by atoms with E-state index in [1.807, 2.05) is 6.07 Å². The zero-order valence-electron chi connectivity index (χ0n) is 14.0. The molecule has 1 atom stereocenters. The standard InChI is InChI=1S/C18H20N2O5/c1-24-16-9-14-12(8-15(16)21)6-7-19(18(14)11-2-3-11)10-13-4-5-17(25-13)20(22)23/h4-5,8-9,11,18,21H,2-3,6-7,10H2,1H3. The van der Waals surface area contributed by atoms with Crippen molar-refractivity contribution >= 4 is 5.88 Å². The molecule has 7 heteroatoms. The number of furan rings is 1. The summed E-state index contributed by atoms with van der Waals surface area (Å²) in [7, 11) is 1.55. The minimum atomic E-state index is -0.513. The van der Waals surface area contributed by atoms with Gasteiger partial charge in [0.05, 0.1) is 19.7 Å². The summed E-state index contributed by atoms with van der Waals surface area (Å²) in [6, 6.07) is 7.04. The molecule has 1 saturated carbocycles. The summed E-state index contributed by atoms with van der Waals surface area (Å²) in [6.45, 7) is 1.37. The van der Waals surface area contributed by atoms with Crippen LogP contribution < -0.4 is 4.74 Å². The van der Waals surface area contributed by atoms with Gasteiger partial charge in [0, 0.05) is 12.6 Å². The van der Waals surface area contributed by atoms with Gasteiger partial charge in [-0.05, 0) is 54.5 Å². The number of benzene rings is 1. The molecule has 1 fully saturated rings. The lowest BCUT2D eigenvalue weighted by Crippen LogP contribution is -2.36. The Morgan fingerprint density at radius 1 is 1.40 bits per heavy atom. The number of rotatable bonds is 5. The molecule has 2 aromatic rings. The van der Waals surface area contributed by atoms with Gasteiger partial charge in [0.15, 0.2) is 11.5 Å². The fourth-order valence-electron chi connectivity index (χ4n) is 3.77. The molecule has 0 spiro atoms. The summed E-state index contributed by atoms with van der Waals surface area (Å²) in [5.74, 6) is 1.61. The highest BCUT2D eigenvalue weighted by atomic mass is 16.6. The summed E-state index contributed by atoms with van der Waals surface area (Å²) in [4.78, 5) is 12.6. The Hall–Kier alpha value is -2.54. The van der Waals surface area contributed by atoms with E-state index in [9.17, 15) is 15.2 Å². The molecule has 4 rings (SSSR count). The van der Waals surface area contributed by atoms with Gasteiger partial charge in [0.1, 0.15) is 10.7 Å². The predicted molar refractivity (Wildman–Crippen MR) is 89.6 cm³/mol. The first-order valence-electron chi connectivity index (χ1n) is 8.43. The van der Waals surface area contributed by atoms with Crippen LogP contribution in [0, 0.1) is 16.0 Å². The van der Waals surface area contributed by atoms with Gasteiger partial charge in [-0.1, -0.05) is 0 Å². The maximum atomic E-state index is 10.8. The third-order valence-corrected chi connectivity index (χ3v) is 5.08. The van der Waals surface area contributed by atoms with Gasteiger partial charge in [0.2, 0.25) is 0 Å². The van der Waals surface area contributed by atoms with Gasteiger partial charge in [0.25, 0.3) is 0 Å². The number of phenolic OH excluding ortho intramolecular Hbond substituents is 1. The van der Waals surface area contributed by atoms with Crippen molar-refractivity contribution in [3.05, 3.63) is 51.3 Å². The molecular formula is C18H20N2O5. The normalized spacial score (nSPS) is 20.3. The molecule has 1 unspecified atom stereocenters. The van der Waals surface area contributed by atoms with Crippen LogP contribution in [-0.4, -0.2) is 28.6 Å². The Balaban J connectivity index is 1.64. The Morgan fingerprint density at radius 2 is 2.20 bits per heavy atom. The van der Waals surface area contributed by atoms with Crippen molar-refractivity contribution in [2.45, 2.75) is 31.8 Å². The molecule has 132 valence electrons. The van der Waals surface area contributed by atoms with Gasteiger partial charge >= 0.3 is 5.88 Å². The number of nitro groups is 1. The molecule has 0 radical (unpaired) electrons. The third-order valence-electron chi connectivity index (χ3n) is 5.08. The highest BCUT2D eigenvalue weighted by Crippen LogP contribution is 2.49. The smallest absolute Gasteiger partial charge is 0.433 e. The van der Waals surface area contributed by atoms with Crippen molar-refractivity contribution < 1.29 is 19.2 Å². The lowest BCUT2D eigenvalue weighted by atomic mass is 9.89. The lowest BCUT2D eigenvalue weighted by molar-refractivity contribution is -0.402. The number of aromatic hydroxyl groups is 1. The van der Waals surface area contributed by atoms with Crippen LogP contribution in [0.3, 0.4) is 0 Å². The highest BCUT2D eigenvalue weighted by Gasteiger charge is 2.40. The van der Waals surface area contributed by atoms with Gasteiger partial charge in [-0.3, -0.25) is 15.0 Å². The molecule has 2 aliphatic rings. The average Bonchev–Trinajstić information content (AvgIpc) is 3.31. The van der Waals surface area contributed by atoms with E-state index in [1.54, 1.807) is 19.2 Å². The Kier molecular flexibility index (Phi) is 3.88. The van der Waals surface area contributed by atoms with E-state index < -0.39 is 4.92 Å². The van der Waals surface area contributed by atoms with Crippen LogP contribution in [0.15, 0.2) is 28.7 Å². The second kappa shape index (κ2) is 6.07. The second-order valence-corrected chi connectivity index (χ2v) is 6.72. The van der Waals surface area contributed by atoms with Crippen LogP contribution in [-0.2, 0) is 13.0 Å². The van der Waals surface area contributed by atoms with Crippen LogP contribution in [0.25, 0.3) is 0 Å².